The maximum atomic E-state index is 13.1. The van der Waals surface area contributed by atoms with Gasteiger partial charge in [0.1, 0.15) is 35.9 Å². The molecule has 0 aliphatic carbocycles. The molecule has 4 heterocycles. The van der Waals surface area contributed by atoms with Crippen LogP contribution in [0.5, 0.6) is 0 Å². The van der Waals surface area contributed by atoms with E-state index in [9.17, 15) is 32.4 Å². The van der Waals surface area contributed by atoms with Crippen molar-refractivity contribution >= 4 is 21.8 Å². The van der Waals surface area contributed by atoms with Gasteiger partial charge in [0, 0.05) is 18.0 Å². The van der Waals surface area contributed by atoms with Gasteiger partial charge in [0.05, 0.1) is 17.9 Å². The number of hydrogen-bond acceptors (Lipinski definition) is 10. The van der Waals surface area contributed by atoms with Crippen LogP contribution in [0.3, 0.4) is 0 Å². The molecule has 1 saturated heterocycles. The van der Waals surface area contributed by atoms with Crippen LogP contribution < -0.4 is 5.32 Å². The smallest absolute Gasteiger partial charge is 0.332 e. The Balaban J connectivity index is 1.38. The predicted octanol–water partition coefficient (Wildman–Crippen LogP) is -0.349. The number of ether oxygens (including phenoxy) is 1. The van der Waals surface area contributed by atoms with Gasteiger partial charge in [0.2, 0.25) is 0 Å². The van der Waals surface area contributed by atoms with E-state index in [0.717, 1.165) is 24.3 Å². The third kappa shape index (κ3) is 3.52. The van der Waals surface area contributed by atoms with Crippen LogP contribution in [0, 0.1) is 0 Å². The Bertz CT molecular complexity index is 1320. The molecule has 2 aliphatic heterocycles. The number of anilines is 1. The van der Waals surface area contributed by atoms with E-state index in [4.69, 9.17) is 4.74 Å². The summed E-state index contributed by atoms with van der Waals surface area (Å²) < 4.78 is 43.9. The Hall–Kier alpha value is -3.17. The summed E-state index contributed by atoms with van der Waals surface area (Å²) in [6.07, 6.45) is -2.91. The van der Waals surface area contributed by atoms with Crippen LogP contribution in [-0.4, -0.2) is 73.0 Å². The highest BCUT2D eigenvalue weighted by atomic mass is 32.3. The van der Waals surface area contributed by atoms with E-state index in [2.05, 4.69) is 15.3 Å². The lowest BCUT2D eigenvalue weighted by atomic mass is 9.98. The summed E-state index contributed by atoms with van der Waals surface area (Å²) in [4.78, 5) is 20.6. The second-order valence-corrected chi connectivity index (χ2v) is 9.00. The molecule has 2 aromatic heterocycles. The number of halogens is 1. The number of ketones is 1. The molecule has 1 unspecified atom stereocenters. The van der Waals surface area contributed by atoms with Gasteiger partial charge in [0.25, 0.3) is 0 Å². The summed E-state index contributed by atoms with van der Waals surface area (Å²) >= 11 is 0. The SMILES string of the molecule is O=C(c1ccc(S(=O)(=O)F)cc1)C(O)[C@H]1O[C@@H](n2cnc3c2NCn2ccnc2-3)[C@H](O)[C@@H]1O. The standard InChI is InChI=1S/C19H18FN5O7S/c20-33(30,31)10-3-1-9(2-4-10)12(26)13(27)16-14(28)15(29)19(32-16)25-8-22-11-17-21-5-6-24(17)7-23-18(11)25/h1-6,8,13-16,19,23,27-29H,7H2/t13?,14-,15+,16+,19+/m0/s1. The van der Waals surface area contributed by atoms with Gasteiger partial charge in [-0.3, -0.25) is 9.36 Å². The minimum atomic E-state index is -4.94. The van der Waals surface area contributed by atoms with Crippen molar-refractivity contribution < 1.29 is 37.2 Å². The van der Waals surface area contributed by atoms with Gasteiger partial charge < -0.3 is 29.9 Å². The van der Waals surface area contributed by atoms with E-state index in [1.54, 1.807) is 12.4 Å². The molecule has 1 aromatic carbocycles. The predicted molar refractivity (Wildman–Crippen MR) is 108 cm³/mol. The van der Waals surface area contributed by atoms with Crippen molar-refractivity contribution in [3.63, 3.8) is 0 Å². The average molecular weight is 479 g/mol. The van der Waals surface area contributed by atoms with Crippen molar-refractivity contribution in [2.45, 2.75) is 42.2 Å². The summed E-state index contributed by atoms with van der Waals surface area (Å²) in [5.74, 6) is 0.179. The molecule has 0 saturated carbocycles. The Labute approximate surface area is 186 Å². The highest BCUT2D eigenvalue weighted by molar-refractivity contribution is 7.86. The van der Waals surface area contributed by atoms with Crippen molar-refractivity contribution in [1.82, 2.24) is 19.1 Å². The summed E-state index contributed by atoms with van der Waals surface area (Å²) in [5.41, 5.74) is 0.372. The average Bonchev–Trinajstić information content (AvgIpc) is 3.50. The number of benzene rings is 1. The molecule has 14 heteroatoms. The third-order valence-corrected chi connectivity index (χ3v) is 6.52. The van der Waals surface area contributed by atoms with Crippen LogP contribution >= 0.6 is 0 Å². The van der Waals surface area contributed by atoms with Gasteiger partial charge >= 0.3 is 10.2 Å². The topological polar surface area (TPSA) is 169 Å². The van der Waals surface area contributed by atoms with Gasteiger partial charge in [-0.1, -0.05) is 0 Å². The fraction of sp³-hybridized carbons (Fsp3) is 0.316. The molecule has 0 amide bonds. The van der Waals surface area contributed by atoms with E-state index in [1.807, 2.05) is 4.57 Å². The lowest BCUT2D eigenvalue weighted by Gasteiger charge is -2.23. The van der Waals surface area contributed by atoms with Crippen LogP contribution in [0.25, 0.3) is 11.5 Å². The van der Waals surface area contributed by atoms with E-state index >= 15 is 0 Å². The number of hydrogen-bond donors (Lipinski definition) is 4. The fourth-order valence-electron chi connectivity index (χ4n) is 3.98. The van der Waals surface area contributed by atoms with Crippen molar-refractivity contribution in [3.05, 3.63) is 48.5 Å². The third-order valence-electron chi connectivity index (χ3n) is 5.69. The number of aliphatic hydroxyl groups excluding tert-OH is 3. The number of aromatic nitrogens is 4. The number of Topliss-reactive ketones (excluding diaryl/α,β-unsaturated/α-hetero) is 1. The number of nitrogens with one attached hydrogen (secondary N) is 1. The van der Waals surface area contributed by atoms with Crippen molar-refractivity contribution in [3.8, 4) is 11.5 Å². The minimum Gasteiger partial charge on any atom is -0.387 e. The maximum absolute atomic E-state index is 13.1. The molecule has 5 atom stereocenters. The number of carbonyl (C=O) groups is 1. The molecule has 0 spiro atoms. The molecule has 1 fully saturated rings. The Kier molecular flexibility index (Phi) is 5.06. The molecule has 174 valence electrons. The normalized spacial score (nSPS) is 25.2. The van der Waals surface area contributed by atoms with Crippen LogP contribution in [0.1, 0.15) is 16.6 Å². The van der Waals surface area contributed by atoms with Crippen LogP contribution in [0.4, 0.5) is 9.70 Å². The van der Waals surface area contributed by atoms with Crippen molar-refractivity contribution in [2.24, 2.45) is 0 Å². The zero-order chi connectivity index (χ0) is 23.5. The minimum absolute atomic E-state index is 0.128. The summed E-state index contributed by atoms with van der Waals surface area (Å²) in [6.45, 7) is 0.383. The Morgan fingerprint density at radius 2 is 1.94 bits per heavy atom. The van der Waals surface area contributed by atoms with E-state index in [0.29, 0.717) is 24.0 Å². The van der Waals surface area contributed by atoms with Crippen LogP contribution in [0.15, 0.2) is 47.9 Å². The van der Waals surface area contributed by atoms with Crippen LogP contribution in [0.2, 0.25) is 0 Å². The van der Waals surface area contributed by atoms with E-state index in [1.165, 1.54) is 10.9 Å². The van der Waals surface area contributed by atoms with Crippen molar-refractivity contribution in [1.29, 1.82) is 0 Å². The Morgan fingerprint density at radius 3 is 2.64 bits per heavy atom. The molecule has 0 radical (unpaired) electrons. The van der Waals surface area contributed by atoms with Gasteiger partial charge in [0.15, 0.2) is 17.8 Å². The van der Waals surface area contributed by atoms with Gasteiger partial charge in [-0.05, 0) is 24.3 Å². The monoisotopic (exact) mass is 479 g/mol. The first-order chi connectivity index (χ1) is 15.7. The first-order valence-corrected chi connectivity index (χ1v) is 11.2. The Morgan fingerprint density at radius 1 is 1.21 bits per heavy atom. The first kappa shape index (κ1) is 21.7. The molecule has 2 aliphatic rings. The lowest BCUT2D eigenvalue weighted by molar-refractivity contribution is -0.0731. The largest absolute Gasteiger partial charge is 0.387 e. The molecule has 12 nitrogen and oxygen atoms in total. The van der Waals surface area contributed by atoms with E-state index in [-0.39, 0.29) is 5.56 Å². The molecular formula is C19H18FN5O7S. The molecular weight excluding hydrogens is 461 g/mol. The van der Waals surface area contributed by atoms with Crippen LogP contribution in [-0.2, 0) is 21.6 Å². The zero-order valence-corrected chi connectivity index (χ0v) is 17.5. The van der Waals surface area contributed by atoms with Crippen molar-refractivity contribution in [2.75, 3.05) is 5.32 Å². The van der Waals surface area contributed by atoms with Gasteiger partial charge in [-0.25, -0.2) is 9.97 Å². The number of fused-ring (bicyclic) bond motifs is 3. The molecule has 5 rings (SSSR count). The summed E-state index contributed by atoms with van der Waals surface area (Å²) in [7, 11) is -4.94. The lowest BCUT2D eigenvalue weighted by Crippen LogP contribution is -2.42. The van der Waals surface area contributed by atoms with Gasteiger partial charge in [-0.15, -0.1) is 3.89 Å². The molecule has 0 bridgehead atoms. The molecule has 4 N–H and O–H groups in total. The summed E-state index contributed by atoms with van der Waals surface area (Å²) in [5, 5.41) is 34.7. The molecule has 33 heavy (non-hydrogen) atoms. The fourth-order valence-corrected chi connectivity index (χ4v) is 4.45. The number of nitrogens with zero attached hydrogens (tertiary/aromatic N) is 4. The first-order valence-electron chi connectivity index (χ1n) is 9.77. The number of imidazole rings is 2. The molecule has 3 aromatic rings. The number of rotatable bonds is 5. The summed E-state index contributed by atoms with van der Waals surface area (Å²) in [6, 6.07) is 3.83. The number of aliphatic hydroxyl groups is 3. The highest BCUT2D eigenvalue weighted by Crippen LogP contribution is 2.38. The quantitative estimate of drug-likeness (QED) is 0.280. The highest BCUT2D eigenvalue weighted by Gasteiger charge is 2.49. The second kappa shape index (κ2) is 7.71. The number of carbonyl (C=O) groups excluding carboxylic acids is 1. The maximum Gasteiger partial charge on any atom is 0.332 e. The van der Waals surface area contributed by atoms with Gasteiger partial charge in [-0.2, -0.15) is 8.42 Å². The van der Waals surface area contributed by atoms with E-state index < -0.39 is 51.5 Å². The second-order valence-electron chi connectivity index (χ2n) is 7.65. The zero-order valence-electron chi connectivity index (χ0n) is 16.7.